The fraction of sp³-hybridized carbons (Fsp3) is 0.294. The van der Waals surface area contributed by atoms with E-state index in [-0.39, 0.29) is 0 Å². The SMILES string of the molecule is CC(=NNC(=O)OC(C)(C)C)c1ccc2ccccc2c1. The van der Waals surface area contributed by atoms with E-state index in [4.69, 9.17) is 4.74 Å². The first-order valence-electron chi connectivity index (χ1n) is 6.87. The van der Waals surface area contributed by atoms with Crippen LogP contribution >= 0.6 is 0 Å². The molecule has 21 heavy (non-hydrogen) atoms. The summed E-state index contributed by atoms with van der Waals surface area (Å²) in [6.07, 6.45) is -0.553. The molecule has 0 atom stereocenters. The third-order valence-corrected chi connectivity index (χ3v) is 2.88. The van der Waals surface area contributed by atoms with Gasteiger partial charge in [0.2, 0.25) is 0 Å². The van der Waals surface area contributed by atoms with Crippen molar-refractivity contribution in [2.24, 2.45) is 5.10 Å². The Bertz CT molecular complexity index is 684. The topological polar surface area (TPSA) is 50.7 Å². The molecule has 0 fully saturated rings. The van der Waals surface area contributed by atoms with Gasteiger partial charge in [0.1, 0.15) is 5.60 Å². The van der Waals surface area contributed by atoms with Gasteiger partial charge in [0.05, 0.1) is 5.71 Å². The minimum absolute atomic E-state index is 0.531. The summed E-state index contributed by atoms with van der Waals surface area (Å²) < 4.78 is 5.14. The van der Waals surface area contributed by atoms with Gasteiger partial charge < -0.3 is 4.74 Å². The molecule has 0 bridgehead atoms. The first kappa shape index (κ1) is 15.0. The number of nitrogens with one attached hydrogen (secondary N) is 1. The summed E-state index contributed by atoms with van der Waals surface area (Å²) in [5.41, 5.74) is 3.57. The summed E-state index contributed by atoms with van der Waals surface area (Å²) in [5.74, 6) is 0. The van der Waals surface area contributed by atoms with Gasteiger partial charge in [-0.2, -0.15) is 5.10 Å². The van der Waals surface area contributed by atoms with Crippen LogP contribution in [0.25, 0.3) is 10.8 Å². The Balaban J connectivity index is 2.12. The number of amides is 1. The van der Waals surface area contributed by atoms with Gasteiger partial charge in [-0.3, -0.25) is 0 Å². The van der Waals surface area contributed by atoms with Crippen LogP contribution in [0.4, 0.5) is 4.79 Å². The zero-order valence-corrected chi connectivity index (χ0v) is 12.8. The van der Waals surface area contributed by atoms with E-state index in [0.29, 0.717) is 0 Å². The molecule has 2 aromatic carbocycles. The van der Waals surface area contributed by atoms with Crippen molar-refractivity contribution in [2.75, 3.05) is 0 Å². The first-order chi connectivity index (χ1) is 9.85. The Morgan fingerprint density at radius 2 is 1.76 bits per heavy atom. The van der Waals surface area contributed by atoms with Crippen LogP contribution in [0.1, 0.15) is 33.3 Å². The molecule has 0 aliphatic rings. The van der Waals surface area contributed by atoms with E-state index in [2.05, 4.69) is 16.6 Å². The van der Waals surface area contributed by atoms with Gasteiger partial charge in [-0.25, -0.2) is 10.2 Å². The second-order valence-electron chi connectivity index (χ2n) is 5.87. The smallest absolute Gasteiger partial charge is 0.428 e. The molecule has 0 aliphatic carbocycles. The van der Waals surface area contributed by atoms with E-state index in [1.807, 2.05) is 64.1 Å². The lowest BCUT2D eigenvalue weighted by molar-refractivity contribution is 0.0529. The lowest BCUT2D eigenvalue weighted by Gasteiger charge is -2.18. The number of nitrogens with zero attached hydrogens (tertiary/aromatic N) is 1. The lowest BCUT2D eigenvalue weighted by atomic mass is 10.0. The second kappa shape index (κ2) is 5.95. The number of hydrazone groups is 1. The lowest BCUT2D eigenvalue weighted by Crippen LogP contribution is -2.30. The highest BCUT2D eigenvalue weighted by molar-refractivity contribution is 6.02. The number of ether oxygens (including phenoxy) is 1. The second-order valence-corrected chi connectivity index (χ2v) is 5.87. The van der Waals surface area contributed by atoms with Crippen LogP contribution in [-0.2, 0) is 4.74 Å². The predicted molar refractivity (Wildman–Crippen MR) is 85.5 cm³/mol. The zero-order valence-electron chi connectivity index (χ0n) is 12.8. The van der Waals surface area contributed by atoms with E-state index >= 15 is 0 Å². The standard InChI is InChI=1S/C17H20N2O2/c1-12(18-19-16(20)21-17(2,3)4)14-10-9-13-7-5-6-8-15(13)11-14/h5-11H,1-4H3,(H,19,20). The molecule has 2 rings (SSSR count). The fourth-order valence-corrected chi connectivity index (χ4v) is 1.91. The highest BCUT2D eigenvalue weighted by atomic mass is 16.6. The maximum Gasteiger partial charge on any atom is 0.428 e. The van der Waals surface area contributed by atoms with Crippen molar-refractivity contribution < 1.29 is 9.53 Å². The van der Waals surface area contributed by atoms with E-state index < -0.39 is 11.7 Å². The molecule has 0 saturated carbocycles. The number of carbonyl (C=O) groups excluding carboxylic acids is 1. The molecule has 4 heteroatoms. The molecule has 1 N–H and O–H groups in total. The average Bonchev–Trinajstić information content (AvgIpc) is 2.42. The predicted octanol–water partition coefficient (Wildman–Crippen LogP) is 4.09. The van der Waals surface area contributed by atoms with E-state index in [1.54, 1.807) is 0 Å². The third kappa shape index (κ3) is 4.31. The van der Waals surface area contributed by atoms with Gasteiger partial charge in [0.15, 0.2) is 0 Å². The number of fused-ring (bicyclic) bond motifs is 1. The normalized spacial score (nSPS) is 12.3. The van der Waals surface area contributed by atoms with Gasteiger partial charge in [0.25, 0.3) is 0 Å². The van der Waals surface area contributed by atoms with Crippen LogP contribution in [0.5, 0.6) is 0 Å². The maximum atomic E-state index is 11.6. The Labute approximate surface area is 124 Å². The van der Waals surface area contributed by atoms with Gasteiger partial charge in [-0.1, -0.05) is 36.4 Å². The van der Waals surface area contributed by atoms with Crippen LogP contribution in [-0.4, -0.2) is 17.4 Å². The molecule has 0 spiro atoms. The molecule has 4 nitrogen and oxygen atoms in total. The van der Waals surface area contributed by atoms with Crippen molar-refractivity contribution in [3.8, 4) is 0 Å². The van der Waals surface area contributed by atoms with E-state index in [9.17, 15) is 4.79 Å². The molecule has 0 unspecified atom stereocenters. The highest BCUT2D eigenvalue weighted by Gasteiger charge is 2.15. The Hall–Kier alpha value is -2.36. The molecule has 1 amide bonds. The van der Waals surface area contributed by atoms with Gasteiger partial charge in [-0.15, -0.1) is 0 Å². The largest absolute Gasteiger partial charge is 0.443 e. The number of hydrogen-bond donors (Lipinski definition) is 1. The molecule has 0 aliphatic heterocycles. The summed E-state index contributed by atoms with van der Waals surface area (Å²) >= 11 is 0. The number of hydrogen-bond acceptors (Lipinski definition) is 3. The summed E-state index contributed by atoms with van der Waals surface area (Å²) in [6.45, 7) is 7.28. The Morgan fingerprint density at radius 1 is 1.10 bits per heavy atom. The van der Waals surface area contributed by atoms with Crippen LogP contribution < -0.4 is 5.43 Å². The van der Waals surface area contributed by atoms with Crippen LogP contribution in [0.15, 0.2) is 47.6 Å². The zero-order chi connectivity index (χ0) is 15.5. The average molecular weight is 284 g/mol. The van der Waals surface area contributed by atoms with Crippen molar-refractivity contribution in [3.05, 3.63) is 48.0 Å². The minimum Gasteiger partial charge on any atom is -0.443 e. The molecule has 0 heterocycles. The number of benzene rings is 2. The van der Waals surface area contributed by atoms with Gasteiger partial charge >= 0.3 is 6.09 Å². The van der Waals surface area contributed by atoms with Gasteiger partial charge in [0, 0.05) is 0 Å². The summed E-state index contributed by atoms with van der Waals surface area (Å²) in [6, 6.07) is 14.2. The van der Waals surface area contributed by atoms with Crippen molar-refractivity contribution in [3.63, 3.8) is 0 Å². The Morgan fingerprint density at radius 3 is 2.43 bits per heavy atom. The number of carbonyl (C=O) groups is 1. The highest BCUT2D eigenvalue weighted by Crippen LogP contribution is 2.16. The van der Waals surface area contributed by atoms with Crippen molar-refractivity contribution in [2.45, 2.75) is 33.3 Å². The quantitative estimate of drug-likeness (QED) is 0.667. The van der Waals surface area contributed by atoms with Crippen molar-refractivity contribution >= 4 is 22.6 Å². The molecular formula is C17H20N2O2. The summed E-state index contributed by atoms with van der Waals surface area (Å²) in [7, 11) is 0. The summed E-state index contributed by atoms with van der Waals surface area (Å²) in [4.78, 5) is 11.6. The first-order valence-corrected chi connectivity index (χ1v) is 6.87. The monoisotopic (exact) mass is 284 g/mol. The molecular weight excluding hydrogens is 264 g/mol. The van der Waals surface area contributed by atoms with Crippen molar-refractivity contribution in [1.82, 2.24) is 5.43 Å². The van der Waals surface area contributed by atoms with E-state index in [0.717, 1.165) is 16.7 Å². The van der Waals surface area contributed by atoms with Crippen LogP contribution in [0.3, 0.4) is 0 Å². The van der Waals surface area contributed by atoms with Gasteiger partial charge in [-0.05, 0) is 50.1 Å². The minimum atomic E-state index is -0.553. The molecule has 0 aromatic heterocycles. The third-order valence-electron chi connectivity index (χ3n) is 2.88. The molecule has 110 valence electrons. The number of rotatable bonds is 2. The fourth-order valence-electron chi connectivity index (χ4n) is 1.91. The molecule has 0 radical (unpaired) electrons. The van der Waals surface area contributed by atoms with Crippen LogP contribution in [0, 0.1) is 0 Å². The molecule has 0 saturated heterocycles. The van der Waals surface area contributed by atoms with Crippen molar-refractivity contribution in [1.29, 1.82) is 0 Å². The summed E-state index contributed by atoms with van der Waals surface area (Å²) in [5, 5.41) is 6.39. The van der Waals surface area contributed by atoms with Crippen LogP contribution in [0.2, 0.25) is 0 Å². The van der Waals surface area contributed by atoms with E-state index in [1.165, 1.54) is 5.39 Å². The maximum absolute atomic E-state index is 11.6. The Kier molecular flexibility index (Phi) is 4.26. The molecule has 2 aromatic rings.